The van der Waals surface area contributed by atoms with E-state index in [0.717, 1.165) is 11.1 Å². The van der Waals surface area contributed by atoms with Gasteiger partial charge in [0, 0.05) is 18.2 Å². The topological polar surface area (TPSA) is 21.3 Å². The van der Waals surface area contributed by atoms with Crippen LogP contribution in [0.1, 0.15) is 19.4 Å². The van der Waals surface area contributed by atoms with Gasteiger partial charge >= 0.3 is 0 Å². The minimum absolute atomic E-state index is 0.251. The fraction of sp³-hybridized carbons (Fsp3) is 0.294. The number of benzene rings is 2. The van der Waals surface area contributed by atoms with Crippen LogP contribution in [0.25, 0.3) is 11.1 Å². The summed E-state index contributed by atoms with van der Waals surface area (Å²) in [5.41, 5.74) is 2.19. The summed E-state index contributed by atoms with van der Waals surface area (Å²) in [6.07, 6.45) is 0. The van der Waals surface area contributed by atoms with E-state index in [4.69, 9.17) is 16.3 Å². The van der Waals surface area contributed by atoms with Crippen molar-refractivity contribution in [1.29, 1.82) is 0 Å². The first-order chi connectivity index (χ1) is 10.0. The Labute approximate surface area is 129 Å². The number of hydrogen-bond acceptors (Lipinski definition) is 2. The molecule has 0 radical (unpaired) electrons. The highest BCUT2D eigenvalue weighted by Gasteiger charge is 2.09. The summed E-state index contributed by atoms with van der Waals surface area (Å²) in [6, 6.07) is 10.9. The minimum Gasteiger partial charge on any atom is -0.495 e. The molecule has 21 heavy (non-hydrogen) atoms. The Kier molecular flexibility index (Phi) is 5.21. The van der Waals surface area contributed by atoms with Crippen LogP contribution in [0, 0.1) is 5.82 Å². The molecule has 2 nitrogen and oxygen atoms in total. The van der Waals surface area contributed by atoms with E-state index >= 15 is 0 Å². The Balaban J connectivity index is 2.26. The van der Waals surface area contributed by atoms with E-state index in [-0.39, 0.29) is 5.82 Å². The summed E-state index contributed by atoms with van der Waals surface area (Å²) in [5, 5.41) is 3.74. The van der Waals surface area contributed by atoms with Crippen molar-refractivity contribution in [3.63, 3.8) is 0 Å². The first-order valence-electron chi connectivity index (χ1n) is 6.87. The Morgan fingerprint density at radius 3 is 2.52 bits per heavy atom. The number of rotatable bonds is 5. The second kappa shape index (κ2) is 6.92. The summed E-state index contributed by atoms with van der Waals surface area (Å²) in [7, 11) is 1.55. The lowest BCUT2D eigenvalue weighted by Crippen LogP contribution is -2.21. The smallest absolute Gasteiger partial charge is 0.137 e. The molecule has 0 amide bonds. The van der Waals surface area contributed by atoms with Gasteiger partial charge in [0.2, 0.25) is 0 Å². The zero-order valence-electron chi connectivity index (χ0n) is 12.4. The average molecular weight is 308 g/mol. The Morgan fingerprint density at radius 2 is 1.95 bits per heavy atom. The van der Waals surface area contributed by atoms with E-state index in [9.17, 15) is 4.39 Å². The molecule has 1 N–H and O–H groups in total. The zero-order chi connectivity index (χ0) is 15.4. The number of methoxy groups -OCH3 is 1. The Hall–Kier alpha value is -1.58. The van der Waals surface area contributed by atoms with Gasteiger partial charge in [0.25, 0.3) is 0 Å². The van der Waals surface area contributed by atoms with E-state index < -0.39 is 0 Å². The van der Waals surface area contributed by atoms with Crippen molar-refractivity contribution < 1.29 is 9.13 Å². The molecule has 112 valence electrons. The van der Waals surface area contributed by atoms with Crippen molar-refractivity contribution in [3.05, 3.63) is 52.8 Å². The van der Waals surface area contributed by atoms with Crippen molar-refractivity contribution in [2.24, 2.45) is 0 Å². The van der Waals surface area contributed by atoms with E-state index in [1.165, 1.54) is 0 Å². The molecule has 0 aliphatic rings. The van der Waals surface area contributed by atoms with Gasteiger partial charge in [0.15, 0.2) is 0 Å². The molecule has 0 saturated heterocycles. The minimum atomic E-state index is -0.251. The third-order valence-electron chi connectivity index (χ3n) is 3.21. The number of halogens is 2. The van der Waals surface area contributed by atoms with Crippen LogP contribution in [0.15, 0.2) is 36.4 Å². The van der Waals surface area contributed by atoms with Crippen LogP contribution >= 0.6 is 11.6 Å². The highest BCUT2D eigenvalue weighted by atomic mass is 35.5. The quantitative estimate of drug-likeness (QED) is 0.868. The SMILES string of the molecule is COc1ccc(-c2ccc(CNC(C)C)cc2F)cc1Cl. The molecular formula is C17H19ClFNO. The molecule has 0 atom stereocenters. The summed E-state index contributed by atoms with van der Waals surface area (Å²) >= 11 is 6.09. The largest absolute Gasteiger partial charge is 0.495 e. The van der Waals surface area contributed by atoms with Gasteiger partial charge < -0.3 is 10.1 Å². The molecular weight excluding hydrogens is 289 g/mol. The Morgan fingerprint density at radius 1 is 1.19 bits per heavy atom. The summed E-state index contributed by atoms with van der Waals surface area (Å²) in [4.78, 5) is 0. The van der Waals surface area contributed by atoms with Crippen LogP contribution in [0.4, 0.5) is 4.39 Å². The van der Waals surface area contributed by atoms with Crippen molar-refractivity contribution >= 4 is 11.6 Å². The fourth-order valence-corrected chi connectivity index (χ4v) is 2.32. The first-order valence-corrected chi connectivity index (χ1v) is 7.24. The van der Waals surface area contributed by atoms with Gasteiger partial charge in [-0.25, -0.2) is 4.39 Å². The lowest BCUT2D eigenvalue weighted by Gasteiger charge is -2.11. The van der Waals surface area contributed by atoms with Crippen molar-refractivity contribution in [2.45, 2.75) is 26.4 Å². The van der Waals surface area contributed by atoms with Gasteiger partial charge in [0.1, 0.15) is 11.6 Å². The summed E-state index contributed by atoms with van der Waals surface area (Å²) < 4.78 is 19.4. The second-order valence-corrected chi connectivity index (χ2v) is 5.61. The molecule has 0 spiro atoms. The normalized spacial score (nSPS) is 11.0. The monoisotopic (exact) mass is 307 g/mol. The van der Waals surface area contributed by atoms with Crippen LogP contribution in [-0.2, 0) is 6.54 Å². The highest BCUT2D eigenvalue weighted by Crippen LogP contribution is 2.31. The van der Waals surface area contributed by atoms with E-state index in [1.807, 2.05) is 6.07 Å². The molecule has 2 rings (SSSR count). The van der Waals surface area contributed by atoms with Crippen molar-refractivity contribution in [1.82, 2.24) is 5.32 Å². The molecule has 0 fully saturated rings. The van der Waals surface area contributed by atoms with Crippen LogP contribution in [0.2, 0.25) is 5.02 Å². The first kappa shape index (κ1) is 15.8. The number of ether oxygens (including phenoxy) is 1. The van der Waals surface area contributed by atoms with Gasteiger partial charge in [-0.1, -0.05) is 43.6 Å². The van der Waals surface area contributed by atoms with Gasteiger partial charge in [-0.3, -0.25) is 0 Å². The van der Waals surface area contributed by atoms with E-state index in [1.54, 1.807) is 37.4 Å². The van der Waals surface area contributed by atoms with Gasteiger partial charge in [-0.05, 0) is 29.3 Å². The maximum Gasteiger partial charge on any atom is 0.137 e. The molecule has 4 heteroatoms. The Bertz CT molecular complexity index is 628. The fourth-order valence-electron chi connectivity index (χ4n) is 2.06. The van der Waals surface area contributed by atoms with E-state index in [0.29, 0.717) is 28.9 Å². The second-order valence-electron chi connectivity index (χ2n) is 5.20. The number of hydrogen-bond donors (Lipinski definition) is 1. The molecule has 0 saturated carbocycles. The average Bonchev–Trinajstić information content (AvgIpc) is 2.45. The van der Waals surface area contributed by atoms with Crippen LogP contribution in [-0.4, -0.2) is 13.2 Å². The predicted octanol–water partition coefficient (Wildman–Crippen LogP) is 4.65. The van der Waals surface area contributed by atoms with Gasteiger partial charge in [0.05, 0.1) is 12.1 Å². The summed E-state index contributed by atoms with van der Waals surface area (Å²) in [5.74, 6) is 0.331. The summed E-state index contributed by atoms with van der Waals surface area (Å²) in [6.45, 7) is 4.77. The molecule has 0 unspecified atom stereocenters. The van der Waals surface area contributed by atoms with Gasteiger partial charge in [-0.15, -0.1) is 0 Å². The van der Waals surface area contributed by atoms with Crippen LogP contribution < -0.4 is 10.1 Å². The van der Waals surface area contributed by atoms with Crippen molar-refractivity contribution in [2.75, 3.05) is 7.11 Å². The van der Waals surface area contributed by atoms with Crippen molar-refractivity contribution in [3.8, 4) is 16.9 Å². The standard InChI is InChI=1S/C17H19ClFNO/c1-11(2)20-10-12-4-6-14(16(19)8-12)13-5-7-17(21-3)15(18)9-13/h4-9,11,20H,10H2,1-3H3. The zero-order valence-corrected chi connectivity index (χ0v) is 13.2. The molecule has 0 bridgehead atoms. The lowest BCUT2D eigenvalue weighted by atomic mass is 10.0. The molecule has 0 aliphatic carbocycles. The lowest BCUT2D eigenvalue weighted by molar-refractivity contribution is 0.415. The maximum atomic E-state index is 14.3. The highest BCUT2D eigenvalue weighted by molar-refractivity contribution is 6.32. The molecule has 0 heterocycles. The molecule has 2 aromatic rings. The van der Waals surface area contributed by atoms with Crippen LogP contribution in [0.5, 0.6) is 5.75 Å². The van der Waals surface area contributed by atoms with E-state index in [2.05, 4.69) is 19.2 Å². The molecule has 0 aromatic heterocycles. The number of nitrogens with one attached hydrogen (secondary N) is 1. The van der Waals surface area contributed by atoms with Crippen LogP contribution in [0.3, 0.4) is 0 Å². The molecule has 2 aromatic carbocycles. The molecule has 0 aliphatic heterocycles. The third-order valence-corrected chi connectivity index (χ3v) is 3.51. The maximum absolute atomic E-state index is 14.3. The predicted molar refractivity (Wildman–Crippen MR) is 85.4 cm³/mol. The van der Waals surface area contributed by atoms with Gasteiger partial charge in [-0.2, -0.15) is 0 Å². The third kappa shape index (κ3) is 3.96.